The summed E-state index contributed by atoms with van der Waals surface area (Å²) < 4.78 is 19.3. The standard InChI is InChI=1S/C26H25FN2O3/c27-21-12-5-6-13-22(21)29-24(30)17-32-23-14-7-4-11-20(23)25(31)28-18-26(15-8-16-26)19-9-2-1-3-10-19/h1-7,9-14H,8,15-18H2,(H,28,31)(H,29,30). The molecule has 0 bridgehead atoms. The number of hydrogen-bond donors (Lipinski definition) is 2. The Balaban J connectivity index is 1.38. The summed E-state index contributed by atoms with van der Waals surface area (Å²) in [7, 11) is 0. The molecule has 0 atom stereocenters. The number of nitrogens with one attached hydrogen (secondary N) is 2. The highest BCUT2D eigenvalue weighted by Gasteiger charge is 2.38. The fraction of sp³-hybridized carbons (Fsp3) is 0.231. The van der Waals surface area contributed by atoms with Gasteiger partial charge >= 0.3 is 0 Å². The Bertz CT molecular complexity index is 1100. The van der Waals surface area contributed by atoms with Crippen molar-refractivity contribution in [2.24, 2.45) is 0 Å². The molecule has 0 radical (unpaired) electrons. The molecule has 1 saturated carbocycles. The van der Waals surface area contributed by atoms with Crippen molar-refractivity contribution in [3.05, 3.63) is 95.8 Å². The van der Waals surface area contributed by atoms with Gasteiger partial charge in [0, 0.05) is 12.0 Å². The van der Waals surface area contributed by atoms with E-state index in [-0.39, 0.29) is 23.6 Å². The molecule has 1 fully saturated rings. The second-order valence-corrected chi connectivity index (χ2v) is 8.00. The molecule has 0 aromatic heterocycles. The molecule has 3 aromatic carbocycles. The lowest BCUT2D eigenvalue weighted by Crippen LogP contribution is -2.45. The fourth-order valence-corrected chi connectivity index (χ4v) is 3.98. The van der Waals surface area contributed by atoms with Crippen molar-refractivity contribution < 1.29 is 18.7 Å². The Kier molecular flexibility index (Phi) is 6.50. The van der Waals surface area contributed by atoms with Crippen molar-refractivity contribution in [1.29, 1.82) is 0 Å². The molecule has 4 rings (SSSR count). The van der Waals surface area contributed by atoms with E-state index in [1.807, 2.05) is 18.2 Å². The van der Waals surface area contributed by atoms with E-state index < -0.39 is 11.7 Å². The van der Waals surface area contributed by atoms with E-state index in [0.717, 1.165) is 19.3 Å². The Morgan fingerprint density at radius 1 is 0.906 bits per heavy atom. The number of benzene rings is 3. The molecule has 32 heavy (non-hydrogen) atoms. The average molecular weight is 432 g/mol. The number of halogens is 1. The van der Waals surface area contributed by atoms with Crippen LogP contribution in [0.5, 0.6) is 5.75 Å². The molecule has 0 heterocycles. The number of para-hydroxylation sites is 2. The van der Waals surface area contributed by atoms with Crippen molar-refractivity contribution in [1.82, 2.24) is 5.32 Å². The predicted octanol–water partition coefficient (Wildman–Crippen LogP) is 4.69. The van der Waals surface area contributed by atoms with Crippen LogP contribution in [-0.4, -0.2) is 25.0 Å². The second-order valence-electron chi connectivity index (χ2n) is 8.00. The zero-order chi connectivity index (χ0) is 22.4. The van der Waals surface area contributed by atoms with Crippen LogP contribution in [0.2, 0.25) is 0 Å². The zero-order valence-corrected chi connectivity index (χ0v) is 17.6. The first-order chi connectivity index (χ1) is 15.6. The molecule has 0 saturated heterocycles. The van der Waals surface area contributed by atoms with Gasteiger partial charge in [0.25, 0.3) is 11.8 Å². The smallest absolute Gasteiger partial charge is 0.262 e. The van der Waals surface area contributed by atoms with Crippen molar-refractivity contribution in [2.45, 2.75) is 24.7 Å². The summed E-state index contributed by atoms with van der Waals surface area (Å²) in [6, 6.07) is 22.9. The summed E-state index contributed by atoms with van der Waals surface area (Å²) in [4.78, 5) is 25.1. The summed E-state index contributed by atoms with van der Waals surface area (Å²) in [5.41, 5.74) is 1.64. The third kappa shape index (κ3) is 4.80. The maximum atomic E-state index is 13.7. The highest BCUT2D eigenvalue weighted by atomic mass is 19.1. The number of anilines is 1. The van der Waals surface area contributed by atoms with E-state index in [4.69, 9.17) is 4.74 Å². The van der Waals surface area contributed by atoms with Gasteiger partial charge < -0.3 is 15.4 Å². The summed E-state index contributed by atoms with van der Waals surface area (Å²) in [6.07, 6.45) is 3.21. The van der Waals surface area contributed by atoms with E-state index in [9.17, 15) is 14.0 Å². The lowest BCUT2D eigenvalue weighted by atomic mass is 9.64. The van der Waals surface area contributed by atoms with Gasteiger partial charge in [-0.25, -0.2) is 4.39 Å². The summed E-state index contributed by atoms with van der Waals surface area (Å²) in [6.45, 7) is 0.199. The molecule has 0 unspecified atom stereocenters. The van der Waals surface area contributed by atoms with Crippen LogP contribution in [0.3, 0.4) is 0 Å². The van der Waals surface area contributed by atoms with Crippen LogP contribution in [-0.2, 0) is 10.2 Å². The topological polar surface area (TPSA) is 67.4 Å². The molecular weight excluding hydrogens is 407 g/mol. The number of rotatable bonds is 8. The molecule has 1 aliphatic carbocycles. The molecule has 5 nitrogen and oxygen atoms in total. The predicted molar refractivity (Wildman–Crippen MR) is 121 cm³/mol. The number of amides is 2. The highest BCUT2D eigenvalue weighted by Crippen LogP contribution is 2.43. The van der Waals surface area contributed by atoms with Crippen LogP contribution in [0.4, 0.5) is 10.1 Å². The van der Waals surface area contributed by atoms with Crippen molar-refractivity contribution in [2.75, 3.05) is 18.5 Å². The molecule has 2 amide bonds. The van der Waals surface area contributed by atoms with Gasteiger partial charge in [-0.2, -0.15) is 0 Å². The molecule has 0 spiro atoms. The van der Waals surface area contributed by atoms with Crippen LogP contribution < -0.4 is 15.4 Å². The lowest BCUT2D eigenvalue weighted by Gasteiger charge is -2.42. The molecule has 2 N–H and O–H groups in total. The normalized spacial score (nSPS) is 14.2. The van der Waals surface area contributed by atoms with Crippen LogP contribution in [0.25, 0.3) is 0 Å². The fourth-order valence-electron chi connectivity index (χ4n) is 3.98. The van der Waals surface area contributed by atoms with E-state index in [2.05, 4.69) is 22.8 Å². The monoisotopic (exact) mass is 432 g/mol. The molecular formula is C26H25FN2O3. The average Bonchev–Trinajstić information content (AvgIpc) is 2.79. The lowest BCUT2D eigenvalue weighted by molar-refractivity contribution is -0.118. The van der Waals surface area contributed by atoms with E-state index in [1.54, 1.807) is 36.4 Å². The summed E-state index contributed by atoms with van der Waals surface area (Å²) in [5, 5.41) is 5.51. The second kappa shape index (κ2) is 9.64. The van der Waals surface area contributed by atoms with Gasteiger partial charge in [-0.3, -0.25) is 9.59 Å². The van der Waals surface area contributed by atoms with Crippen LogP contribution in [0, 0.1) is 5.82 Å². The SMILES string of the molecule is O=C(COc1ccccc1C(=O)NCC1(c2ccccc2)CCC1)Nc1ccccc1F. The molecule has 1 aliphatic rings. The van der Waals surface area contributed by atoms with Gasteiger partial charge in [-0.15, -0.1) is 0 Å². The number of ether oxygens (including phenoxy) is 1. The Morgan fingerprint density at radius 3 is 2.31 bits per heavy atom. The van der Waals surface area contributed by atoms with E-state index in [1.165, 1.54) is 17.7 Å². The maximum Gasteiger partial charge on any atom is 0.262 e. The first-order valence-electron chi connectivity index (χ1n) is 10.7. The maximum absolute atomic E-state index is 13.7. The molecule has 164 valence electrons. The molecule has 3 aromatic rings. The number of hydrogen-bond acceptors (Lipinski definition) is 3. The third-order valence-electron chi connectivity index (χ3n) is 5.92. The van der Waals surface area contributed by atoms with Crippen molar-refractivity contribution >= 4 is 17.5 Å². The third-order valence-corrected chi connectivity index (χ3v) is 5.92. The van der Waals surface area contributed by atoms with Crippen molar-refractivity contribution in [3.8, 4) is 5.75 Å². The van der Waals surface area contributed by atoms with Gasteiger partial charge in [0.15, 0.2) is 6.61 Å². The van der Waals surface area contributed by atoms with Gasteiger partial charge in [-0.1, -0.05) is 61.0 Å². The minimum atomic E-state index is -0.524. The number of carbonyl (C=O) groups excluding carboxylic acids is 2. The van der Waals surface area contributed by atoms with E-state index >= 15 is 0 Å². The van der Waals surface area contributed by atoms with Crippen molar-refractivity contribution in [3.63, 3.8) is 0 Å². The quantitative estimate of drug-likeness (QED) is 0.542. The first-order valence-corrected chi connectivity index (χ1v) is 10.7. The van der Waals surface area contributed by atoms with Crippen LogP contribution in [0.1, 0.15) is 35.2 Å². The largest absolute Gasteiger partial charge is 0.483 e. The minimum Gasteiger partial charge on any atom is -0.483 e. The van der Waals surface area contributed by atoms with Crippen LogP contribution >= 0.6 is 0 Å². The Labute approximate surface area is 186 Å². The van der Waals surface area contributed by atoms with E-state index in [0.29, 0.717) is 17.9 Å². The van der Waals surface area contributed by atoms with Gasteiger partial charge in [0.1, 0.15) is 11.6 Å². The summed E-state index contributed by atoms with van der Waals surface area (Å²) >= 11 is 0. The van der Waals surface area contributed by atoms with Gasteiger partial charge in [0.2, 0.25) is 0 Å². The van der Waals surface area contributed by atoms with Crippen LogP contribution in [0.15, 0.2) is 78.9 Å². The number of carbonyl (C=O) groups is 2. The summed E-state index contributed by atoms with van der Waals surface area (Å²) in [5.74, 6) is -0.986. The molecule has 0 aliphatic heterocycles. The zero-order valence-electron chi connectivity index (χ0n) is 17.6. The van der Waals surface area contributed by atoms with Gasteiger partial charge in [0.05, 0.1) is 11.3 Å². The first kappa shape index (κ1) is 21.6. The minimum absolute atomic E-state index is 0.0354. The Hall–Kier alpha value is -3.67. The highest BCUT2D eigenvalue weighted by molar-refractivity contribution is 5.97. The molecule has 6 heteroatoms. The van der Waals surface area contributed by atoms with Gasteiger partial charge in [-0.05, 0) is 42.7 Å². The Morgan fingerprint density at radius 2 is 1.59 bits per heavy atom.